The third kappa shape index (κ3) is 2.46. The molecule has 0 aliphatic rings. The maximum atomic E-state index is 5.51. The number of hydrogen-bond donors (Lipinski definition) is 1. The average Bonchev–Trinajstić information content (AvgIpc) is 3.29. The van der Waals surface area contributed by atoms with Crippen molar-refractivity contribution in [3.05, 3.63) is 75.6 Å². The Hall–Kier alpha value is -2.77. The number of fused-ring (bicyclic) bond motifs is 3. The summed E-state index contributed by atoms with van der Waals surface area (Å²) in [6, 6.07) is 18.6. The van der Waals surface area contributed by atoms with Gasteiger partial charge in [-0.25, -0.2) is 5.10 Å². The molecule has 27 heavy (non-hydrogen) atoms. The van der Waals surface area contributed by atoms with E-state index in [1.165, 1.54) is 5.56 Å². The first-order chi connectivity index (χ1) is 13.1. The molecule has 0 unspecified atom stereocenters. The summed E-state index contributed by atoms with van der Waals surface area (Å²) in [7, 11) is 0. The molecule has 3 heterocycles. The van der Waals surface area contributed by atoms with Gasteiger partial charge in [-0.3, -0.25) is 4.40 Å². The number of hydrogen-bond acceptors (Lipinski definition) is 3. The fourth-order valence-corrected chi connectivity index (χ4v) is 4.36. The van der Waals surface area contributed by atoms with Crippen LogP contribution in [0.2, 0.25) is 0 Å². The fourth-order valence-electron chi connectivity index (χ4n) is 3.35. The number of H-pyrrole nitrogens is 1. The molecule has 1 N–H and O–H groups in total. The van der Waals surface area contributed by atoms with Crippen LogP contribution in [0.25, 0.3) is 33.7 Å². The summed E-state index contributed by atoms with van der Waals surface area (Å²) < 4.78 is 5.18. The van der Waals surface area contributed by atoms with Gasteiger partial charge in [0.2, 0.25) is 4.77 Å². The Kier molecular flexibility index (Phi) is 3.73. The molecule has 0 saturated heterocycles. The zero-order valence-electron chi connectivity index (χ0n) is 14.3. The van der Waals surface area contributed by atoms with Crippen LogP contribution < -0.4 is 0 Å². The predicted octanol–water partition coefficient (Wildman–Crippen LogP) is 5.44. The van der Waals surface area contributed by atoms with Crippen molar-refractivity contribution < 1.29 is 0 Å². The van der Waals surface area contributed by atoms with Crippen molar-refractivity contribution in [3.8, 4) is 22.4 Å². The molecule has 5 rings (SSSR count). The molecule has 132 valence electrons. The first-order valence-corrected chi connectivity index (χ1v) is 9.64. The van der Waals surface area contributed by atoms with Crippen LogP contribution >= 0.6 is 28.1 Å². The zero-order chi connectivity index (χ0) is 18.5. The lowest BCUT2D eigenvalue weighted by Crippen LogP contribution is -2.02. The normalized spacial score (nSPS) is 11.5. The summed E-state index contributed by atoms with van der Waals surface area (Å²) in [6.07, 6.45) is 1.87. The van der Waals surface area contributed by atoms with E-state index in [1.54, 1.807) is 0 Å². The van der Waals surface area contributed by atoms with Crippen molar-refractivity contribution in [3.63, 3.8) is 0 Å². The van der Waals surface area contributed by atoms with Gasteiger partial charge in [-0.1, -0.05) is 60.2 Å². The minimum absolute atomic E-state index is 0.528. The second-order valence-electron chi connectivity index (χ2n) is 6.38. The second-order valence-corrected chi connectivity index (χ2v) is 7.56. The molecule has 0 radical (unpaired) electrons. The van der Waals surface area contributed by atoms with Gasteiger partial charge in [-0.05, 0) is 46.2 Å². The number of aryl methyl sites for hydroxylation is 1. The van der Waals surface area contributed by atoms with E-state index in [0.717, 1.165) is 32.4 Å². The van der Waals surface area contributed by atoms with Crippen LogP contribution in [0.3, 0.4) is 0 Å². The van der Waals surface area contributed by atoms with Crippen LogP contribution in [-0.4, -0.2) is 24.2 Å². The molecule has 5 aromatic rings. The number of aromatic amines is 1. The van der Waals surface area contributed by atoms with Crippen LogP contribution in [0.4, 0.5) is 0 Å². The largest absolute Gasteiger partial charge is 0.255 e. The van der Waals surface area contributed by atoms with Crippen LogP contribution in [0.15, 0.2) is 65.3 Å². The average molecular weight is 436 g/mol. The number of nitrogens with one attached hydrogen (secondary N) is 1. The highest BCUT2D eigenvalue weighted by molar-refractivity contribution is 9.10. The van der Waals surface area contributed by atoms with E-state index < -0.39 is 0 Å². The molecule has 0 bridgehead atoms. The van der Waals surface area contributed by atoms with Gasteiger partial charge in [0.05, 0.1) is 21.9 Å². The second kappa shape index (κ2) is 6.14. The number of halogens is 1. The van der Waals surface area contributed by atoms with Crippen LogP contribution in [-0.2, 0) is 0 Å². The summed E-state index contributed by atoms with van der Waals surface area (Å²) in [4.78, 5) is 0. The third-order valence-electron chi connectivity index (χ3n) is 4.66. The Morgan fingerprint density at radius 3 is 2.48 bits per heavy atom. The van der Waals surface area contributed by atoms with Crippen LogP contribution in [0, 0.1) is 11.7 Å². The highest BCUT2D eigenvalue weighted by atomic mass is 79.9. The maximum Gasteiger partial charge on any atom is 0.255 e. The van der Waals surface area contributed by atoms with Gasteiger partial charge in [-0.15, -0.1) is 5.10 Å². The van der Waals surface area contributed by atoms with E-state index in [0.29, 0.717) is 10.5 Å². The number of rotatable bonds is 2. The molecule has 3 aromatic heterocycles. The highest BCUT2D eigenvalue weighted by Gasteiger charge is 2.20. The van der Waals surface area contributed by atoms with E-state index in [9.17, 15) is 0 Å². The summed E-state index contributed by atoms with van der Waals surface area (Å²) in [6.45, 7) is 2.07. The van der Waals surface area contributed by atoms with Gasteiger partial charge < -0.3 is 0 Å². The Bertz CT molecular complexity index is 1350. The van der Waals surface area contributed by atoms with Crippen LogP contribution in [0.5, 0.6) is 0 Å². The minimum atomic E-state index is 0.528. The Balaban J connectivity index is 1.95. The molecular weight excluding hydrogens is 422 g/mol. The molecule has 0 saturated carbocycles. The van der Waals surface area contributed by atoms with Gasteiger partial charge in [-0.2, -0.15) is 9.61 Å². The Morgan fingerprint density at radius 2 is 1.74 bits per heavy atom. The molecule has 0 amide bonds. The number of aromatic nitrogens is 5. The van der Waals surface area contributed by atoms with E-state index >= 15 is 0 Å². The van der Waals surface area contributed by atoms with Gasteiger partial charge >= 0.3 is 0 Å². The fraction of sp³-hybridized carbons (Fsp3) is 0.0500. The summed E-state index contributed by atoms with van der Waals surface area (Å²) in [5.74, 6) is 0.649. The van der Waals surface area contributed by atoms with E-state index in [2.05, 4.69) is 74.5 Å². The number of nitrogens with zero attached hydrogens (tertiary/aromatic N) is 4. The molecule has 7 heteroatoms. The first-order valence-electron chi connectivity index (χ1n) is 8.44. The van der Waals surface area contributed by atoms with Crippen molar-refractivity contribution in [2.75, 3.05) is 0 Å². The Labute approximate surface area is 168 Å². The molecule has 0 aliphatic heterocycles. The van der Waals surface area contributed by atoms with E-state index in [-0.39, 0.29) is 0 Å². The molecular formula is C20H14BrN5S. The van der Waals surface area contributed by atoms with Crippen LogP contribution in [0.1, 0.15) is 5.56 Å². The summed E-state index contributed by atoms with van der Waals surface area (Å²) in [5.41, 5.74) is 6.30. The topological polar surface area (TPSA) is 50.4 Å². The van der Waals surface area contributed by atoms with Crippen molar-refractivity contribution in [2.45, 2.75) is 6.92 Å². The Morgan fingerprint density at radius 1 is 1.00 bits per heavy atom. The standard InChI is InChI=1S/C20H14BrN5S/c1-12-7-9-14(10-8-12)17-16(21)18-15(13-5-3-2-4-6-13)11-22-26(18)19-23-24-20(27)25(17)19/h2-11H,1H3,(H,24,27). The van der Waals surface area contributed by atoms with Crippen molar-refractivity contribution >= 4 is 39.4 Å². The van der Waals surface area contributed by atoms with Gasteiger partial charge in [0.1, 0.15) is 0 Å². The molecule has 5 nitrogen and oxygen atoms in total. The van der Waals surface area contributed by atoms with Gasteiger partial charge in [0, 0.05) is 5.56 Å². The summed E-state index contributed by atoms with van der Waals surface area (Å²) in [5, 5.41) is 11.9. The molecule has 0 atom stereocenters. The lowest BCUT2D eigenvalue weighted by atomic mass is 10.1. The van der Waals surface area contributed by atoms with Crippen molar-refractivity contribution in [2.24, 2.45) is 0 Å². The van der Waals surface area contributed by atoms with E-state index in [1.807, 2.05) is 33.3 Å². The van der Waals surface area contributed by atoms with Crippen molar-refractivity contribution in [1.82, 2.24) is 24.2 Å². The smallest absolute Gasteiger partial charge is 0.251 e. The molecule has 0 fully saturated rings. The van der Waals surface area contributed by atoms with E-state index in [4.69, 9.17) is 12.2 Å². The van der Waals surface area contributed by atoms with Gasteiger partial charge in [0.25, 0.3) is 5.78 Å². The maximum absolute atomic E-state index is 5.51. The van der Waals surface area contributed by atoms with Gasteiger partial charge in [0.15, 0.2) is 0 Å². The van der Waals surface area contributed by atoms with Crippen molar-refractivity contribution in [1.29, 1.82) is 0 Å². The molecule has 0 aliphatic carbocycles. The lowest BCUT2D eigenvalue weighted by Gasteiger charge is -2.12. The summed E-state index contributed by atoms with van der Waals surface area (Å²) >= 11 is 9.34. The quantitative estimate of drug-likeness (QED) is 0.375. The monoisotopic (exact) mass is 435 g/mol. The molecule has 0 spiro atoms. The lowest BCUT2D eigenvalue weighted by molar-refractivity contribution is 0.926. The number of benzene rings is 2. The molecule has 2 aromatic carbocycles. The zero-order valence-corrected chi connectivity index (χ0v) is 16.8. The highest BCUT2D eigenvalue weighted by Crippen LogP contribution is 2.37. The predicted molar refractivity (Wildman–Crippen MR) is 112 cm³/mol. The third-order valence-corrected chi connectivity index (χ3v) is 5.69. The first kappa shape index (κ1) is 16.4. The SMILES string of the molecule is Cc1ccc(-c2c(Br)c3c(-c4ccccc4)cnn3c3n[nH]c(=S)n23)cc1. The minimum Gasteiger partial charge on any atom is -0.251 e.